The Bertz CT molecular complexity index is 1630. The van der Waals surface area contributed by atoms with E-state index in [9.17, 15) is 24.6 Å². The van der Waals surface area contributed by atoms with Crippen LogP contribution in [0.2, 0.25) is 0 Å². The summed E-state index contributed by atoms with van der Waals surface area (Å²) in [6.07, 6.45) is 0.503. The molecule has 3 atom stereocenters. The largest absolute Gasteiger partial charge is 0.508 e. The summed E-state index contributed by atoms with van der Waals surface area (Å²) in [5.41, 5.74) is 15.1. The van der Waals surface area contributed by atoms with Crippen molar-refractivity contribution in [3.05, 3.63) is 137 Å². The molecule has 4 aromatic rings. The van der Waals surface area contributed by atoms with Crippen molar-refractivity contribution in [3.8, 4) is 5.75 Å². The van der Waals surface area contributed by atoms with Crippen LogP contribution in [0.5, 0.6) is 5.75 Å². The maximum atomic E-state index is 14.5. The first-order valence-electron chi connectivity index (χ1n) is 14.5. The van der Waals surface area contributed by atoms with Crippen molar-refractivity contribution in [1.82, 2.24) is 9.80 Å². The first kappa shape index (κ1) is 30.3. The quantitative estimate of drug-likeness (QED) is 0.208. The Balaban J connectivity index is 1.53. The Morgan fingerprint density at radius 2 is 1.18 bits per heavy atom. The minimum absolute atomic E-state index is 0.146. The second kappa shape index (κ2) is 13.4. The molecule has 0 radical (unpaired) electrons. The monoisotopic (exact) mass is 592 g/mol. The molecule has 1 aliphatic rings. The van der Waals surface area contributed by atoms with Crippen molar-refractivity contribution in [2.24, 2.45) is 11.5 Å². The Kier molecular flexibility index (Phi) is 9.26. The molecule has 4 amide bonds. The molecular formula is C35H36N4O5. The highest BCUT2D eigenvalue weighted by atomic mass is 16.3. The summed E-state index contributed by atoms with van der Waals surface area (Å²) in [5, 5.41) is 21.8. The van der Waals surface area contributed by atoms with Gasteiger partial charge >= 0.3 is 6.03 Å². The SMILES string of the molecule is NC(=O)c1cccc(CN2C(=O)N(Cc3cccc(C(N)=O)c3)[C@H](Cc3ccccc3)[C@H](O)[C@H]2CCc2ccc(O)cc2)c1. The van der Waals surface area contributed by atoms with E-state index in [1.165, 1.54) is 0 Å². The highest BCUT2D eigenvalue weighted by Gasteiger charge is 2.45. The minimum Gasteiger partial charge on any atom is -0.508 e. The van der Waals surface area contributed by atoms with E-state index in [0.29, 0.717) is 41.5 Å². The zero-order chi connectivity index (χ0) is 31.2. The molecular weight excluding hydrogens is 556 g/mol. The molecule has 1 aliphatic heterocycles. The van der Waals surface area contributed by atoms with Crippen molar-refractivity contribution < 1.29 is 24.6 Å². The molecule has 9 nitrogen and oxygen atoms in total. The highest BCUT2D eigenvalue weighted by Crippen LogP contribution is 2.31. The molecule has 1 saturated heterocycles. The lowest BCUT2D eigenvalue weighted by molar-refractivity contribution is -0.0453. The van der Waals surface area contributed by atoms with Crippen LogP contribution < -0.4 is 11.5 Å². The van der Waals surface area contributed by atoms with Gasteiger partial charge in [0.2, 0.25) is 11.8 Å². The molecule has 0 bridgehead atoms. The number of phenols is 1. The Hall–Kier alpha value is -5.15. The van der Waals surface area contributed by atoms with Crippen molar-refractivity contribution in [3.63, 3.8) is 0 Å². The van der Waals surface area contributed by atoms with Crippen LogP contribution in [-0.4, -0.2) is 56.0 Å². The summed E-state index contributed by atoms with van der Waals surface area (Å²) in [5.74, 6) is -0.973. The van der Waals surface area contributed by atoms with E-state index in [4.69, 9.17) is 11.5 Å². The fourth-order valence-corrected chi connectivity index (χ4v) is 5.87. The average Bonchev–Trinajstić information content (AvgIpc) is 3.02. The summed E-state index contributed by atoms with van der Waals surface area (Å²) >= 11 is 0. The van der Waals surface area contributed by atoms with E-state index in [-0.39, 0.29) is 24.9 Å². The number of carbonyl (C=O) groups is 3. The number of benzene rings is 4. The molecule has 0 spiro atoms. The molecule has 44 heavy (non-hydrogen) atoms. The number of aliphatic hydroxyl groups excluding tert-OH is 1. The summed E-state index contributed by atoms with van der Waals surface area (Å²) in [7, 11) is 0. The number of carbonyl (C=O) groups excluding carboxylic acids is 3. The zero-order valence-electron chi connectivity index (χ0n) is 24.3. The van der Waals surface area contributed by atoms with Gasteiger partial charge in [-0.25, -0.2) is 4.79 Å². The summed E-state index contributed by atoms with van der Waals surface area (Å²) in [4.78, 5) is 41.6. The average molecular weight is 593 g/mol. The van der Waals surface area contributed by atoms with Crippen molar-refractivity contribution >= 4 is 17.8 Å². The molecule has 6 N–H and O–H groups in total. The molecule has 5 rings (SSSR count). The standard InChI is InChI=1S/C35H36N4O5/c36-33(42)27-10-4-8-25(18-27)21-38-30(17-14-23-12-15-29(40)16-13-23)32(41)31(20-24-6-2-1-3-7-24)39(35(38)44)22-26-9-5-11-28(19-26)34(37)43/h1-13,15-16,18-19,30-32,40-41H,14,17,20-22H2,(H2,36,42)(H2,37,43)/t30-,31-,32-/m1/s1. The third-order valence-electron chi connectivity index (χ3n) is 8.16. The van der Waals surface area contributed by atoms with E-state index in [1.807, 2.05) is 54.6 Å². The maximum Gasteiger partial charge on any atom is 0.321 e. The van der Waals surface area contributed by atoms with Crippen molar-refractivity contribution in [2.45, 2.75) is 50.5 Å². The molecule has 226 valence electrons. The summed E-state index contributed by atoms with van der Waals surface area (Å²) in [6.45, 7) is 0.296. The Labute approximate surface area is 256 Å². The molecule has 4 aromatic carbocycles. The number of urea groups is 1. The Morgan fingerprint density at radius 1 is 0.659 bits per heavy atom. The van der Waals surface area contributed by atoms with Crippen LogP contribution in [0.15, 0.2) is 103 Å². The number of hydrogen-bond acceptors (Lipinski definition) is 5. The number of aliphatic hydroxyl groups is 1. The first-order valence-corrected chi connectivity index (χ1v) is 14.5. The lowest BCUT2D eigenvalue weighted by Crippen LogP contribution is -2.66. The molecule has 0 saturated carbocycles. The smallest absolute Gasteiger partial charge is 0.321 e. The van der Waals surface area contributed by atoms with E-state index < -0.39 is 30.0 Å². The summed E-state index contributed by atoms with van der Waals surface area (Å²) in [6, 6.07) is 28.8. The number of aryl methyl sites for hydroxylation is 1. The van der Waals surface area contributed by atoms with Crippen LogP contribution >= 0.6 is 0 Å². The van der Waals surface area contributed by atoms with Crippen molar-refractivity contribution in [1.29, 1.82) is 0 Å². The third kappa shape index (κ3) is 7.07. The number of rotatable bonds is 11. The predicted molar refractivity (Wildman–Crippen MR) is 167 cm³/mol. The number of aromatic hydroxyl groups is 1. The van der Waals surface area contributed by atoms with Crippen LogP contribution in [0.3, 0.4) is 0 Å². The predicted octanol–water partition coefficient (Wildman–Crippen LogP) is 4.00. The van der Waals surface area contributed by atoms with E-state index >= 15 is 0 Å². The third-order valence-corrected chi connectivity index (χ3v) is 8.16. The fraction of sp³-hybridized carbons (Fsp3) is 0.229. The molecule has 1 fully saturated rings. The van der Waals surface area contributed by atoms with Gasteiger partial charge in [0.05, 0.1) is 18.2 Å². The number of nitrogens with two attached hydrogens (primary N) is 2. The van der Waals surface area contributed by atoms with Gasteiger partial charge < -0.3 is 31.5 Å². The lowest BCUT2D eigenvalue weighted by Gasteiger charge is -2.49. The lowest BCUT2D eigenvalue weighted by atomic mass is 9.88. The van der Waals surface area contributed by atoms with Gasteiger partial charge in [0.15, 0.2) is 0 Å². The van der Waals surface area contributed by atoms with Gasteiger partial charge in [-0.3, -0.25) is 9.59 Å². The minimum atomic E-state index is -0.941. The van der Waals surface area contributed by atoms with E-state index in [1.54, 1.807) is 58.3 Å². The summed E-state index contributed by atoms with van der Waals surface area (Å²) < 4.78 is 0. The molecule has 0 aliphatic carbocycles. The number of nitrogens with zero attached hydrogens (tertiary/aromatic N) is 2. The number of amides is 4. The number of primary amides is 2. The highest BCUT2D eigenvalue weighted by molar-refractivity contribution is 5.93. The van der Waals surface area contributed by atoms with Gasteiger partial charge in [-0.2, -0.15) is 0 Å². The first-order chi connectivity index (χ1) is 21.2. The van der Waals surface area contributed by atoms with E-state index in [2.05, 4.69) is 0 Å². The van der Waals surface area contributed by atoms with Crippen LogP contribution in [0.1, 0.15) is 49.4 Å². The number of phenolic OH excluding ortho intramolecular Hbond substituents is 1. The molecule has 0 unspecified atom stereocenters. The van der Waals surface area contributed by atoms with Crippen molar-refractivity contribution in [2.75, 3.05) is 0 Å². The normalized spacial score (nSPS) is 18.3. The molecule has 9 heteroatoms. The van der Waals surface area contributed by atoms with Crippen LogP contribution in [0.4, 0.5) is 4.79 Å². The fourth-order valence-electron chi connectivity index (χ4n) is 5.87. The van der Waals surface area contributed by atoms with Crippen LogP contribution in [0, 0.1) is 0 Å². The number of hydrogen-bond donors (Lipinski definition) is 4. The van der Waals surface area contributed by atoms with E-state index in [0.717, 1.165) is 11.1 Å². The van der Waals surface area contributed by atoms with Gasteiger partial charge in [0, 0.05) is 24.2 Å². The van der Waals surface area contributed by atoms with Gasteiger partial charge in [-0.1, -0.05) is 66.7 Å². The maximum absolute atomic E-state index is 14.5. The topological polar surface area (TPSA) is 150 Å². The second-order valence-electron chi connectivity index (χ2n) is 11.2. The van der Waals surface area contributed by atoms with Gasteiger partial charge in [0.25, 0.3) is 0 Å². The van der Waals surface area contributed by atoms with Crippen LogP contribution in [0.25, 0.3) is 0 Å². The Morgan fingerprint density at radius 3 is 1.73 bits per heavy atom. The molecule has 0 aromatic heterocycles. The zero-order valence-corrected chi connectivity index (χ0v) is 24.3. The van der Waals surface area contributed by atoms with Crippen LogP contribution in [-0.2, 0) is 25.9 Å². The van der Waals surface area contributed by atoms with Gasteiger partial charge in [-0.05, 0) is 77.9 Å². The van der Waals surface area contributed by atoms with Gasteiger partial charge in [0.1, 0.15) is 5.75 Å². The van der Waals surface area contributed by atoms with Gasteiger partial charge in [-0.15, -0.1) is 0 Å². The second-order valence-corrected chi connectivity index (χ2v) is 11.2. The molecule has 1 heterocycles.